The van der Waals surface area contributed by atoms with Crippen molar-refractivity contribution >= 4 is 5.96 Å². The number of hydrogen-bond donors (Lipinski definition) is 2. The topological polar surface area (TPSA) is 75.3 Å². The molecule has 0 aliphatic heterocycles. The molecule has 1 aromatic heterocycles. The third-order valence-corrected chi connectivity index (χ3v) is 3.58. The molecule has 2 rings (SSSR count). The lowest BCUT2D eigenvalue weighted by molar-refractivity contribution is 0.372. The van der Waals surface area contributed by atoms with Crippen LogP contribution in [-0.4, -0.2) is 35.7 Å². The normalized spacial score (nSPS) is 11.8. The van der Waals surface area contributed by atoms with Gasteiger partial charge in [-0.25, -0.2) is 4.39 Å². The number of aliphatic imine (C=N–C) groups is 1. The van der Waals surface area contributed by atoms with Crippen LogP contribution in [0.3, 0.4) is 0 Å². The summed E-state index contributed by atoms with van der Waals surface area (Å²) in [4.78, 5) is 8.82. The van der Waals surface area contributed by atoms with Gasteiger partial charge in [0.05, 0.1) is 6.54 Å². The summed E-state index contributed by atoms with van der Waals surface area (Å²) in [6.45, 7) is 7.94. The van der Waals surface area contributed by atoms with E-state index in [1.807, 2.05) is 26.8 Å². The van der Waals surface area contributed by atoms with Gasteiger partial charge in [0, 0.05) is 25.4 Å². The van der Waals surface area contributed by atoms with Gasteiger partial charge in [-0.15, -0.1) is 0 Å². The highest BCUT2D eigenvalue weighted by atomic mass is 19.1. The van der Waals surface area contributed by atoms with Crippen molar-refractivity contribution in [3.63, 3.8) is 0 Å². The van der Waals surface area contributed by atoms with Crippen molar-refractivity contribution in [3.8, 4) is 0 Å². The van der Waals surface area contributed by atoms with Crippen molar-refractivity contribution in [3.05, 3.63) is 47.4 Å². The number of aromatic nitrogens is 2. The minimum Gasteiger partial charge on any atom is -0.357 e. The second-order valence-electron chi connectivity index (χ2n) is 5.98. The Labute approximate surface area is 147 Å². The maximum absolute atomic E-state index is 13.6. The van der Waals surface area contributed by atoms with Crippen LogP contribution in [0.1, 0.15) is 44.0 Å². The lowest BCUT2D eigenvalue weighted by Gasteiger charge is -2.11. The molecule has 0 saturated carbocycles. The van der Waals surface area contributed by atoms with Crippen molar-refractivity contribution < 1.29 is 8.91 Å². The molecule has 0 aliphatic carbocycles. The molecule has 136 valence electrons. The third-order valence-electron chi connectivity index (χ3n) is 3.58. The Balaban J connectivity index is 1.82. The van der Waals surface area contributed by atoms with Crippen LogP contribution in [0.4, 0.5) is 4.39 Å². The summed E-state index contributed by atoms with van der Waals surface area (Å²) in [5.74, 6) is 2.08. The first-order valence-electron chi connectivity index (χ1n) is 8.68. The Bertz CT molecular complexity index is 684. The highest BCUT2D eigenvalue weighted by Gasteiger charge is 2.09. The lowest BCUT2D eigenvalue weighted by atomic mass is 10.1. The summed E-state index contributed by atoms with van der Waals surface area (Å²) in [6, 6.07) is 6.81. The van der Waals surface area contributed by atoms with E-state index in [-0.39, 0.29) is 11.7 Å². The molecule has 2 aromatic rings. The predicted octanol–water partition coefficient (Wildman–Crippen LogP) is 2.67. The van der Waals surface area contributed by atoms with E-state index in [2.05, 4.69) is 25.8 Å². The van der Waals surface area contributed by atoms with Crippen LogP contribution >= 0.6 is 0 Å². The molecule has 0 atom stereocenters. The fourth-order valence-electron chi connectivity index (χ4n) is 2.23. The van der Waals surface area contributed by atoms with Gasteiger partial charge in [0.15, 0.2) is 11.8 Å². The fraction of sp³-hybridized carbons (Fsp3) is 0.500. The Morgan fingerprint density at radius 1 is 1.24 bits per heavy atom. The molecule has 0 radical (unpaired) electrons. The molecular weight excluding hydrogens is 321 g/mol. The van der Waals surface area contributed by atoms with E-state index in [1.54, 1.807) is 12.1 Å². The van der Waals surface area contributed by atoms with Crippen molar-refractivity contribution in [1.82, 2.24) is 20.8 Å². The van der Waals surface area contributed by atoms with Gasteiger partial charge in [-0.2, -0.15) is 4.98 Å². The minimum atomic E-state index is -0.177. The lowest BCUT2D eigenvalue weighted by Crippen LogP contribution is -2.38. The predicted molar refractivity (Wildman–Crippen MR) is 96.2 cm³/mol. The number of halogens is 1. The SMILES string of the molecule is CCNC(=NCCc1nc(C(C)C)no1)NCCc1ccccc1F. The second-order valence-corrected chi connectivity index (χ2v) is 5.98. The maximum atomic E-state index is 13.6. The average molecular weight is 347 g/mol. The molecule has 0 amide bonds. The molecule has 1 aromatic carbocycles. The average Bonchev–Trinajstić information content (AvgIpc) is 3.06. The zero-order valence-electron chi connectivity index (χ0n) is 15.1. The van der Waals surface area contributed by atoms with Crippen LogP contribution in [0.15, 0.2) is 33.8 Å². The maximum Gasteiger partial charge on any atom is 0.228 e. The Morgan fingerprint density at radius 3 is 2.72 bits per heavy atom. The molecule has 0 saturated heterocycles. The van der Waals surface area contributed by atoms with Crippen LogP contribution in [0.25, 0.3) is 0 Å². The van der Waals surface area contributed by atoms with Crippen LogP contribution in [0.5, 0.6) is 0 Å². The van der Waals surface area contributed by atoms with Gasteiger partial charge in [-0.05, 0) is 25.0 Å². The fourth-order valence-corrected chi connectivity index (χ4v) is 2.23. The zero-order valence-corrected chi connectivity index (χ0v) is 15.1. The van der Waals surface area contributed by atoms with E-state index in [1.165, 1.54) is 6.07 Å². The van der Waals surface area contributed by atoms with Crippen molar-refractivity contribution in [2.24, 2.45) is 4.99 Å². The molecule has 0 spiro atoms. The van der Waals surface area contributed by atoms with E-state index in [0.29, 0.717) is 49.2 Å². The minimum absolute atomic E-state index is 0.177. The molecule has 0 unspecified atom stereocenters. The molecular formula is C18H26FN5O. The van der Waals surface area contributed by atoms with Crippen molar-refractivity contribution in [2.75, 3.05) is 19.6 Å². The molecule has 0 aliphatic rings. The van der Waals surface area contributed by atoms with Gasteiger partial charge in [0.2, 0.25) is 5.89 Å². The monoisotopic (exact) mass is 347 g/mol. The molecule has 7 heteroatoms. The molecule has 1 heterocycles. The summed E-state index contributed by atoms with van der Waals surface area (Å²) in [5, 5.41) is 10.3. The van der Waals surface area contributed by atoms with Gasteiger partial charge in [0.25, 0.3) is 0 Å². The number of hydrogen-bond acceptors (Lipinski definition) is 4. The summed E-state index contributed by atoms with van der Waals surface area (Å²) in [5.41, 5.74) is 0.693. The molecule has 0 bridgehead atoms. The summed E-state index contributed by atoms with van der Waals surface area (Å²) < 4.78 is 18.8. The smallest absolute Gasteiger partial charge is 0.228 e. The van der Waals surface area contributed by atoms with Crippen LogP contribution in [-0.2, 0) is 12.8 Å². The molecule has 0 fully saturated rings. The molecule has 2 N–H and O–H groups in total. The summed E-state index contributed by atoms with van der Waals surface area (Å²) in [7, 11) is 0. The highest BCUT2D eigenvalue weighted by Crippen LogP contribution is 2.09. The Hall–Kier alpha value is -2.44. The van der Waals surface area contributed by atoms with Crippen LogP contribution < -0.4 is 10.6 Å². The number of nitrogens with one attached hydrogen (secondary N) is 2. The first kappa shape index (κ1) is 18.9. The van der Waals surface area contributed by atoms with Gasteiger partial charge in [-0.1, -0.05) is 37.2 Å². The third kappa shape index (κ3) is 6.17. The Morgan fingerprint density at radius 2 is 2.04 bits per heavy atom. The van der Waals surface area contributed by atoms with Crippen LogP contribution in [0.2, 0.25) is 0 Å². The van der Waals surface area contributed by atoms with Crippen molar-refractivity contribution in [1.29, 1.82) is 0 Å². The van der Waals surface area contributed by atoms with Crippen LogP contribution in [0, 0.1) is 5.82 Å². The largest absolute Gasteiger partial charge is 0.357 e. The van der Waals surface area contributed by atoms with E-state index >= 15 is 0 Å². The van der Waals surface area contributed by atoms with Gasteiger partial charge >= 0.3 is 0 Å². The van der Waals surface area contributed by atoms with E-state index in [9.17, 15) is 4.39 Å². The number of benzene rings is 1. The second kappa shape index (κ2) is 9.76. The standard InChI is InChI=1S/C18H26FN5O/c1-4-20-18(21-11-9-14-7-5-6-8-15(14)19)22-12-10-16-23-17(13(2)3)24-25-16/h5-8,13H,4,9-12H2,1-3H3,(H2,20,21,22). The first-order chi connectivity index (χ1) is 12.1. The summed E-state index contributed by atoms with van der Waals surface area (Å²) in [6.07, 6.45) is 1.18. The van der Waals surface area contributed by atoms with E-state index in [4.69, 9.17) is 4.52 Å². The zero-order chi connectivity index (χ0) is 18.1. The summed E-state index contributed by atoms with van der Waals surface area (Å²) >= 11 is 0. The molecule has 25 heavy (non-hydrogen) atoms. The quantitative estimate of drug-likeness (QED) is 0.567. The van der Waals surface area contributed by atoms with Gasteiger partial charge in [0.1, 0.15) is 5.82 Å². The highest BCUT2D eigenvalue weighted by molar-refractivity contribution is 5.79. The Kier molecular flexibility index (Phi) is 7.37. The van der Waals surface area contributed by atoms with Crippen molar-refractivity contribution in [2.45, 2.75) is 39.5 Å². The number of guanidine groups is 1. The van der Waals surface area contributed by atoms with E-state index in [0.717, 1.165) is 6.54 Å². The number of nitrogens with zero attached hydrogens (tertiary/aromatic N) is 3. The van der Waals surface area contributed by atoms with E-state index < -0.39 is 0 Å². The number of rotatable bonds is 8. The van der Waals surface area contributed by atoms with Gasteiger partial charge in [-0.3, -0.25) is 4.99 Å². The molecule has 6 nitrogen and oxygen atoms in total. The first-order valence-corrected chi connectivity index (χ1v) is 8.68. The van der Waals surface area contributed by atoms with Gasteiger partial charge < -0.3 is 15.2 Å².